The quantitative estimate of drug-likeness (QED) is 0.432. The van der Waals surface area contributed by atoms with Crippen LogP contribution in [-0.4, -0.2) is 54.1 Å². The summed E-state index contributed by atoms with van der Waals surface area (Å²) in [5, 5.41) is 32.3. The number of hydrogen-bond donors (Lipinski definition) is 4. The first-order valence-corrected chi connectivity index (χ1v) is 12.0. The van der Waals surface area contributed by atoms with E-state index in [9.17, 15) is 29.7 Å². The summed E-state index contributed by atoms with van der Waals surface area (Å²) in [6.07, 6.45) is 0.543. The number of fused-ring (bicyclic) bond motifs is 3. The number of allylic oxidation sites excluding steroid dienone is 3. The Morgan fingerprint density at radius 1 is 0.921 bits per heavy atom. The molecule has 1 unspecified atom stereocenters. The van der Waals surface area contributed by atoms with Crippen LogP contribution in [0.3, 0.4) is 0 Å². The molecule has 5 rings (SSSR count). The standard InChI is InChI=1S/C28H27NO9/c1-36-18-7-5-14(26(37-2)27(18)38-3)13-4-6-16(30)21-15(13)9-11-8-12-10-17(31)22(28(29)35)25(34)20(12)23(32)19(11)24(21)33/h4-7,11-12,20,30-32H,8-10H2,1-3H3,(H2,29,35)/t11-,12+,20?/m1/s1. The zero-order valence-electron chi connectivity index (χ0n) is 21.0. The molecule has 3 aliphatic rings. The molecule has 0 aliphatic heterocycles. The highest BCUT2D eigenvalue weighted by Gasteiger charge is 2.50. The van der Waals surface area contributed by atoms with E-state index in [1.807, 2.05) is 0 Å². The molecule has 1 amide bonds. The molecule has 0 bridgehead atoms. The number of carbonyl (C=O) groups excluding carboxylic acids is 3. The topological polar surface area (TPSA) is 166 Å². The minimum atomic E-state index is -1.17. The molecule has 0 heterocycles. The van der Waals surface area contributed by atoms with Gasteiger partial charge in [0.05, 0.1) is 32.8 Å². The minimum absolute atomic E-state index is 0.0207. The number of phenolic OH excluding ortho intramolecular Hbond substituents is 1. The smallest absolute Gasteiger partial charge is 0.255 e. The Balaban J connectivity index is 1.67. The second-order valence-corrected chi connectivity index (χ2v) is 9.62. The number of carbonyl (C=O) groups is 3. The number of nitrogens with two attached hydrogens (primary N) is 1. The highest BCUT2D eigenvalue weighted by atomic mass is 16.5. The van der Waals surface area contributed by atoms with Gasteiger partial charge >= 0.3 is 0 Å². The van der Waals surface area contributed by atoms with Gasteiger partial charge in [-0.05, 0) is 54.0 Å². The molecule has 10 heteroatoms. The number of aliphatic hydroxyl groups excluding tert-OH is 2. The van der Waals surface area contributed by atoms with Crippen molar-refractivity contribution < 1.29 is 43.9 Å². The molecule has 2 aromatic carbocycles. The molecule has 0 fully saturated rings. The van der Waals surface area contributed by atoms with Crippen LogP contribution in [0.4, 0.5) is 0 Å². The van der Waals surface area contributed by atoms with Gasteiger partial charge in [-0.1, -0.05) is 6.07 Å². The number of rotatable bonds is 5. The van der Waals surface area contributed by atoms with E-state index in [1.165, 1.54) is 27.4 Å². The lowest BCUT2D eigenvalue weighted by Crippen LogP contribution is -2.43. The van der Waals surface area contributed by atoms with E-state index >= 15 is 0 Å². The summed E-state index contributed by atoms with van der Waals surface area (Å²) in [6.45, 7) is 0. The van der Waals surface area contributed by atoms with Crippen molar-refractivity contribution in [1.29, 1.82) is 0 Å². The van der Waals surface area contributed by atoms with Gasteiger partial charge in [0.15, 0.2) is 23.1 Å². The molecule has 5 N–H and O–H groups in total. The van der Waals surface area contributed by atoms with E-state index < -0.39 is 52.3 Å². The molecule has 0 saturated carbocycles. The lowest BCUT2D eigenvalue weighted by atomic mass is 9.62. The highest BCUT2D eigenvalue weighted by Crippen LogP contribution is 2.52. The van der Waals surface area contributed by atoms with E-state index in [4.69, 9.17) is 19.9 Å². The summed E-state index contributed by atoms with van der Waals surface area (Å²) in [6, 6.07) is 6.56. The number of methoxy groups -OCH3 is 3. The zero-order valence-corrected chi connectivity index (χ0v) is 21.0. The number of benzene rings is 2. The molecule has 198 valence electrons. The monoisotopic (exact) mass is 521 g/mol. The summed E-state index contributed by atoms with van der Waals surface area (Å²) in [5.41, 5.74) is 6.59. The summed E-state index contributed by atoms with van der Waals surface area (Å²) in [7, 11) is 4.47. The maximum absolute atomic E-state index is 13.8. The third-order valence-electron chi connectivity index (χ3n) is 7.76. The van der Waals surface area contributed by atoms with Crippen molar-refractivity contribution >= 4 is 17.5 Å². The third-order valence-corrected chi connectivity index (χ3v) is 7.76. The van der Waals surface area contributed by atoms with Crippen molar-refractivity contribution in [3.05, 3.63) is 58.1 Å². The molecule has 0 saturated heterocycles. The third kappa shape index (κ3) is 3.51. The van der Waals surface area contributed by atoms with Gasteiger partial charge in [0.1, 0.15) is 22.8 Å². The van der Waals surface area contributed by atoms with E-state index in [0.717, 1.165) is 0 Å². The number of amides is 1. The predicted octanol–water partition coefficient (Wildman–Crippen LogP) is 3.16. The first kappa shape index (κ1) is 25.2. The molecular formula is C28H27NO9. The van der Waals surface area contributed by atoms with Gasteiger partial charge in [0.25, 0.3) is 5.91 Å². The molecule has 10 nitrogen and oxygen atoms in total. The Kier molecular flexibility index (Phi) is 6.05. The normalized spacial score (nSPS) is 22.4. The number of aliphatic hydroxyl groups is 2. The number of ether oxygens (including phenoxy) is 3. The van der Waals surface area contributed by atoms with Gasteiger partial charge in [0, 0.05) is 17.6 Å². The number of Topliss-reactive ketones (excluding diaryl/α,β-unsaturated/α-hetero) is 2. The second-order valence-electron chi connectivity index (χ2n) is 9.62. The van der Waals surface area contributed by atoms with Gasteiger partial charge in [-0.3, -0.25) is 14.4 Å². The van der Waals surface area contributed by atoms with Gasteiger partial charge in [-0.2, -0.15) is 0 Å². The zero-order chi connectivity index (χ0) is 27.5. The SMILES string of the molecule is COc1ccc(-c2ccc(O)c3c2C[C@H]2C[C@H]4CC(O)=C(C(N)=O)C(=O)C4C(O)=C2C3=O)c(OC)c1OC. The summed E-state index contributed by atoms with van der Waals surface area (Å²) < 4.78 is 16.5. The fraction of sp³-hybridized carbons (Fsp3) is 0.321. The number of phenols is 1. The van der Waals surface area contributed by atoms with Crippen LogP contribution in [0.25, 0.3) is 11.1 Å². The lowest BCUT2D eigenvalue weighted by Gasteiger charge is -2.41. The number of hydrogen-bond acceptors (Lipinski definition) is 9. The average Bonchev–Trinajstić information content (AvgIpc) is 2.87. The van der Waals surface area contributed by atoms with Crippen molar-refractivity contribution in [2.75, 3.05) is 21.3 Å². The number of ketones is 2. The molecule has 0 radical (unpaired) electrons. The first-order chi connectivity index (χ1) is 18.1. The molecule has 0 aromatic heterocycles. The lowest BCUT2D eigenvalue weighted by molar-refractivity contribution is -0.126. The Hall–Kier alpha value is -4.47. The molecule has 2 aromatic rings. The van der Waals surface area contributed by atoms with Gasteiger partial charge < -0.3 is 35.3 Å². The summed E-state index contributed by atoms with van der Waals surface area (Å²) in [4.78, 5) is 38.6. The predicted molar refractivity (Wildman–Crippen MR) is 134 cm³/mol. The van der Waals surface area contributed by atoms with Crippen LogP contribution >= 0.6 is 0 Å². The van der Waals surface area contributed by atoms with Crippen LogP contribution < -0.4 is 19.9 Å². The van der Waals surface area contributed by atoms with Crippen LogP contribution in [0.15, 0.2) is 46.9 Å². The van der Waals surface area contributed by atoms with E-state index in [1.54, 1.807) is 18.2 Å². The van der Waals surface area contributed by atoms with Crippen molar-refractivity contribution in [2.45, 2.75) is 19.3 Å². The van der Waals surface area contributed by atoms with Crippen molar-refractivity contribution in [3.63, 3.8) is 0 Å². The molecule has 0 spiro atoms. The molecule has 3 aliphatic carbocycles. The maximum atomic E-state index is 13.8. The van der Waals surface area contributed by atoms with Crippen LogP contribution in [-0.2, 0) is 16.0 Å². The summed E-state index contributed by atoms with van der Waals surface area (Å²) in [5.74, 6) is -4.57. The van der Waals surface area contributed by atoms with Gasteiger partial charge in [0.2, 0.25) is 5.75 Å². The molecule has 3 atom stereocenters. The second kappa shape index (κ2) is 9.13. The Morgan fingerprint density at radius 2 is 1.61 bits per heavy atom. The van der Waals surface area contributed by atoms with Crippen LogP contribution in [0, 0.1) is 17.8 Å². The van der Waals surface area contributed by atoms with Gasteiger partial charge in [-0.25, -0.2) is 0 Å². The van der Waals surface area contributed by atoms with E-state index in [2.05, 4.69) is 0 Å². The van der Waals surface area contributed by atoms with Crippen LogP contribution in [0.1, 0.15) is 28.8 Å². The van der Waals surface area contributed by atoms with Crippen molar-refractivity contribution in [2.24, 2.45) is 23.5 Å². The fourth-order valence-electron chi connectivity index (χ4n) is 6.21. The summed E-state index contributed by atoms with van der Waals surface area (Å²) >= 11 is 0. The highest BCUT2D eigenvalue weighted by molar-refractivity contribution is 6.22. The van der Waals surface area contributed by atoms with E-state index in [0.29, 0.717) is 40.4 Å². The maximum Gasteiger partial charge on any atom is 0.255 e. The number of aromatic hydroxyl groups is 1. The molecular weight excluding hydrogens is 494 g/mol. The van der Waals surface area contributed by atoms with Gasteiger partial charge in [-0.15, -0.1) is 0 Å². The van der Waals surface area contributed by atoms with Crippen LogP contribution in [0.2, 0.25) is 0 Å². The Morgan fingerprint density at radius 3 is 2.24 bits per heavy atom. The van der Waals surface area contributed by atoms with Crippen molar-refractivity contribution in [3.8, 4) is 34.1 Å². The Bertz CT molecular complexity index is 1470. The fourth-order valence-corrected chi connectivity index (χ4v) is 6.21. The Labute approximate surface area is 217 Å². The van der Waals surface area contributed by atoms with E-state index in [-0.39, 0.29) is 29.7 Å². The first-order valence-electron chi connectivity index (χ1n) is 12.0. The minimum Gasteiger partial charge on any atom is -0.511 e. The largest absolute Gasteiger partial charge is 0.511 e. The van der Waals surface area contributed by atoms with Crippen LogP contribution in [0.5, 0.6) is 23.0 Å². The molecule has 38 heavy (non-hydrogen) atoms. The number of primary amides is 1. The average molecular weight is 522 g/mol. The van der Waals surface area contributed by atoms with Crippen molar-refractivity contribution in [1.82, 2.24) is 0 Å².